The van der Waals surface area contributed by atoms with Gasteiger partial charge in [-0.1, -0.05) is 0 Å². The van der Waals surface area contributed by atoms with Crippen molar-refractivity contribution < 1.29 is 19.3 Å². The molecule has 0 amide bonds. The number of rotatable bonds is 2. The Hall–Kier alpha value is -1.51. The normalized spacial score (nSPS) is 28.3. The average Bonchev–Trinajstić information content (AvgIpc) is 2.33. The second-order valence-corrected chi connectivity index (χ2v) is 4.18. The van der Waals surface area contributed by atoms with E-state index in [-0.39, 0.29) is 19.6 Å². The highest BCUT2D eigenvalue weighted by molar-refractivity contribution is 5.26. The van der Waals surface area contributed by atoms with Gasteiger partial charge >= 0.3 is 5.69 Å². The standard InChI is InChI=1S/C10H14FN3O4/c11-6-2-14(10(17)13-9(6)12)5-1-7(16)8(3-15)18-4-5/h2,5,7-8,15-16H,1,3-4H2,(H2,12,13,17)/t5-,7-,8+/m0/s1. The van der Waals surface area contributed by atoms with Gasteiger partial charge in [-0.25, -0.2) is 9.18 Å². The van der Waals surface area contributed by atoms with E-state index >= 15 is 0 Å². The Kier molecular flexibility index (Phi) is 3.60. The van der Waals surface area contributed by atoms with Gasteiger partial charge in [0.1, 0.15) is 6.10 Å². The van der Waals surface area contributed by atoms with E-state index in [0.29, 0.717) is 0 Å². The van der Waals surface area contributed by atoms with Gasteiger partial charge in [-0.2, -0.15) is 4.98 Å². The van der Waals surface area contributed by atoms with E-state index < -0.39 is 35.6 Å². The summed E-state index contributed by atoms with van der Waals surface area (Å²) in [5.74, 6) is -1.25. The second-order valence-electron chi connectivity index (χ2n) is 4.18. The molecule has 7 nitrogen and oxygen atoms in total. The van der Waals surface area contributed by atoms with E-state index in [9.17, 15) is 14.3 Å². The molecular formula is C10H14FN3O4. The maximum absolute atomic E-state index is 13.3. The Morgan fingerprint density at radius 1 is 1.67 bits per heavy atom. The number of halogens is 1. The third-order valence-corrected chi connectivity index (χ3v) is 2.95. The Balaban J connectivity index is 2.23. The molecule has 4 N–H and O–H groups in total. The first-order valence-electron chi connectivity index (χ1n) is 5.47. The summed E-state index contributed by atoms with van der Waals surface area (Å²) < 4.78 is 19.5. The average molecular weight is 259 g/mol. The zero-order valence-corrected chi connectivity index (χ0v) is 9.49. The molecule has 1 aliphatic rings. The van der Waals surface area contributed by atoms with Crippen LogP contribution < -0.4 is 11.4 Å². The number of ether oxygens (including phenoxy) is 1. The van der Waals surface area contributed by atoms with E-state index in [1.54, 1.807) is 0 Å². The van der Waals surface area contributed by atoms with Gasteiger partial charge < -0.3 is 20.7 Å². The minimum atomic E-state index is -0.915. The van der Waals surface area contributed by atoms with Crippen LogP contribution in [0.3, 0.4) is 0 Å². The monoisotopic (exact) mass is 259 g/mol. The van der Waals surface area contributed by atoms with Gasteiger partial charge in [-0.15, -0.1) is 0 Å². The van der Waals surface area contributed by atoms with Crippen molar-refractivity contribution >= 4 is 5.82 Å². The van der Waals surface area contributed by atoms with Crippen LogP contribution in [0.15, 0.2) is 11.0 Å². The lowest BCUT2D eigenvalue weighted by molar-refractivity contribution is -0.113. The molecule has 2 heterocycles. The minimum Gasteiger partial charge on any atom is -0.394 e. The van der Waals surface area contributed by atoms with Crippen LogP contribution in [0.5, 0.6) is 0 Å². The zero-order valence-electron chi connectivity index (χ0n) is 9.49. The van der Waals surface area contributed by atoms with E-state index in [2.05, 4.69) is 4.98 Å². The van der Waals surface area contributed by atoms with Crippen LogP contribution in [0.2, 0.25) is 0 Å². The van der Waals surface area contributed by atoms with E-state index in [0.717, 1.165) is 10.8 Å². The van der Waals surface area contributed by atoms with Crippen LogP contribution in [-0.4, -0.2) is 45.2 Å². The van der Waals surface area contributed by atoms with Crippen LogP contribution in [-0.2, 0) is 4.74 Å². The number of anilines is 1. The third-order valence-electron chi connectivity index (χ3n) is 2.95. The fraction of sp³-hybridized carbons (Fsp3) is 0.600. The largest absolute Gasteiger partial charge is 0.394 e. The molecule has 18 heavy (non-hydrogen) atoms. The summed E-state index contributed by atoms with van der Waals surface area (Å²) >= 11 is 0. The smallest absolute Gasteiger partial charge is 0.350 e. The number of nitrogens with zero attached hydrogens (tertiary/aromatic N) is 2. The Labute approximate surface area is 102 Å². The van der Waals surface area contributed by atoms with E-state index in [1.807, 2.05) is 0 Å². The molecule has 8 heteroatoms. The van der Waals surface area contributed by atoms with Gasteiger partial charge in [0, 0.05) is 6.20 Å². The molecule has 2 rings (SSSR count). The summed E-state index contributed by atoms with van der Waals surface area (Å²) in [6.45, 7) is -0.218. The topological polar surface area (TPSA) is 111 Å². The highest BCUT2D eigenvalue weighted by Crippen LogP contribution is 2.22. The van der Waals surface area contributed by atoms with Crippen molar-refractivity contribution in [1.29, 1.82) is 0 Å². The highest BCUT2D eigenvalue weighted by Gasteiger charge is 2.31. The summed E-state index contributed by atoms with van der Waals surface area (Å²) in [5.41, 5.74) is 4.48. The summed E-state index contributed by atoms with van der Waals surface area (Å²) in [6, 6.07) is -0.530. The van der Waals surface area contributed by atoms with Crippen molar-refractivity contribution in [3.05, 3.63) is 22.5 Å². The summed E-state index contributed by atoms with van der Waals surface area (Å²) in [4.78, 5) is 14.9. The number of hydrogen-bond donors (Lipinski definition) is 3. The predicted octanol–water partition coefficient (Wildman–Crippen LogP) is -1.35. The lowest BCUT2D eigenvalue weighted by Crippen LogP contribution is -2.44. The van der Waals surface area contributed by atoms with Crippen LogP contribution in [0.25, 0.3) is 0 Å². The van der Waals surface area contributed by atoms with E-state index in [4.69, 9.17) is 15.6 Å². The van der Waals surface area contributed by atoms with Crippen molar-refractivity contribution in [2.24, 2.45) is 0 Å². The molecule has 0 spiro atoms. The maximum atomic E-state index is 13.3. The number of aliphatic hydroxyl groups is 2. The Bertz CT molecular complexity index is 493. The van der Waals surface area contributed by atoms with Gasteiger partial charge in [0.15, 0.2) is 11.6 Å². The molecule has 1 fully saturated rings. The molecule has 3 atom stereocenters. The number of hydrogen-bond acceptors (Lipinski definition) is 6. The molecule has 0 unspecified atom stereocenters. The zero-order chi connectivity index (χ0) is 13.3. The van der Waals surface area contributed by atoms with Crippen molar-refractivity contribution in [2.75, 3.05) is 18.9 Å². The first-order valence-corrected chi connectivity index (χ1v) is 5.47. The Morgan fingerprint density at radius 2 is 2.39 bits per heavy atom. The molecule has 0 aromatic carbocycles. The van der Waals surface area contributed by atoms with Gasteiger partial charge in [0.2, 0.25) is 0 Å². The quantitative estimate of drug-likeness (QED) is 0.605. The molecule has 100 valence electrons. The van der Waals surface area contributed by atoms with Crippen molar-refractivity contribution in [3.8, 4) is 0 Å². The minimum absolute atomic E-state index is 0.0905. The molecule has 0 radical (unpaired) electrons. The lowest BCUT2D eigenvalue weighted by Gasteiger charge is -2.33. The number of aromatic nitrogens is 2. The van der Waals surface area contributed by atoms with Gasteiger partial charge in [-0.05, 0) is 6.42 Å². The number of nitrogen functional groups attached to an aromatic ring is 1. The summed E-state index contributed by atoms with van der Waals surface area (Å²) in [7, 11) is 0. The van der Waals surface area contributed by atoms with E-state index in [1.165, 1.54) is 0 Å². The molecule has 1 saturated heterocycles. The van der Waals surface area contributed by atoms with Crippen molar-refractivity contribution in [2.45, 2.75) is 24.7 Å². The van der Waals surface area contributed by atoms with Gasteiger partial charge in [0.25, 0.3) is 0 Å². The highest BCUT2D eigenvalue weighted by atomic mass is 19.1. The molecule has 1 aromatic rings. The van der Waals surface area contributed by atoms with Crippen molar-refractivity contribution in [3.63, 3.8) is 0 Å². The first-order chi connectivity index (χ1) is 8.52. The predicted molar refractivity (Wildman–Crippen MR) is 59.4 cm³/mol. The summed E-state index contributed by atoms with van der Waals surface area (Å²) in [6.07, 6.45) is -0.467. The number of aliphatic hydroxyl groups excluding tert-OH is 2. The lowest BCUT2D eigenvalue weighted by atomic mass is 10.0. The Morgan fingerprint density at radius 3 is 3.00 bits per heavy atom. The number of nitrogens with two attached hydrogens (primary N) is 1. The summed E-state index contributed by atoms with van der Waals surface area (Å²) in [5, 5.41) is 18.6. The van der Waals surface area contributed by atoms with Crippen LogP contribution in [0.4, 0.5) is 10.2 Å². The molecular weight excluding hydrogens is 245 g/mol. The van der Waals surface area contributed by atoms with Gasteiger partial charge in [0.05, 0.1) is 25.4 Å². The molecule has 1 aromatic heterocycles. The fourth-order valence-electron chi connectivity index (χ4n) is 1.93. The van der Waals surface area contributed by atoms with Crippen LogP contribution >= 0.6 is 0 Å². The van der Waals surface area contributed by atoms with Gasteiger partial charge in [-0.3, -0.25) is 4.57 Å². The maximum Gasteiger partial charge on any atom is 0.350 e. The third kappa shape index (κ3) is 2.35. The first kappa shape index (κ1) is 12.9. The molecule has 0 aliphatic carbocycles. The molecule has 1 aliphatic heterocycles. The second kappa shape index (κ2) is 5.01. The van der Waals surface area contributed by atoms with Crippen molar-refractivity contribution in [1.82, 2.24) is 9.55 Å². The molecule has 0 saturated carbocycles. The SMILES string of the molecule is Nc1nc(=O)n([C@@H]2CO[C@H](CO)[C@@H](O)C2)cc1F. The van der Waals surface area contributed by atoms with Crippen LogP contribution in [0, 0.1) is 5.82 Å². The fourth-order valence-corrected chi connectivity index (χ4v) is 1.93. The molecule has 0 bridgehead atoms. The van der Waals surface area contributed by atoms with Crippen LogP contribution in [0.1, 0.15) is 12.5 Å².